The minimum atomic E-state index is -0.435. The molecule has 11 nitrogen and oxygen atoms in total. The van der Waals surface area contributed by atoms with Crippen molar-refractivity contribution >= 4 is 35.7 Å². The van der Waals surface area contributed by atoms with Crippen LogP contribution in [0.4, 0.5) is 4.79 Å². The van der Waals surface area contributed by atoms with Gasteiger partial charge in [0.25, 0.3) is 0 Å². The summed E-state index contributed by atoms with van der Waals surface area (Å²) >= 11 is 6.16. The predicted molar refractivity (Wildman–Crippen MR) is 140 cm³/mol. The lowest BCUT2D eigenvalue weighted by atomic mass is 10.1. The Morgan fingerprint density at radius 1 is 1.19 bits per heavy atom. The maximum absolute atomic E-state index is 12.9. The average Bonchev–Trinajstić information content (AvgIpc) is 3.58. The first-order chi connectivity index (χ1) is 18.1. The number of H-pyrrole nitrogens is 1. The van der Waals surface area contributed by atoms with Gasteiger partial charge < -0.3 is 20.9 Å². The van der Waals surface area contributed by atoms with Crippen molar-refractivity contribution in [1.82, 2.24) is 46.1 Å². The molecule has 0 fully saturated rings. The lowest BCUT2D eigenvalue weighted by Gasteiger charge is -2.14. The number of amides is 3. The molecule has 1 atom stereocenters. The summed E-state index contributed by atoms with van der Waals surface area (Å²) in [5.41, 5.74) is 2.05. The van der Waals surface area contributed by atoms with Crippen molar-refractivity contribution in [3.63, 3.8) is 0 Å². The molecule has 12 heteroatoms. The summed E-state index contributed by atoms with van der Waals surface area (Å²) in [7, 11) is 0. The third kappa shape index (κ3) is 7.61. The number of halogens is 1. The summed E-state index contributed by atoms with van der Waals surface area (Å²) in [6.07, 6.45) is 20.9. The second-order valence-electron chi connectivity index (χ2n) is 7.73. The Morgan fingerprint density at radius 2 is 2.08 bits per heavy atom. The monoisotopic (exact) mass is 517 g/mol. The normalized spacial score (nSPS) is 16.4. The number of aromatic nitrogens is 6. The number of imidazole rings is 1. The first kappa shape index (κ1) is 25.3. The molecule has 3 amide bonds. The smallest absolute Gasteiger partial charge is 0.319 e. The van der Waals surface area contributed by atoms with Crippen LogP contribution >= 0.6 is 11.6 Å². The van der Waals surface area contributed by atoms with Crippen LogP contribution in [0.25, 0.3) is 17.8 Å². The van der Waals surface area contributed by atoms with Crippen molar-refractivity contribution in [2.45, 2.75) is 12.5 Å². The van der Waals surface area contributed by atoms with Crippen molar-refractivity contribution in [1.29, 1.82) is 0 Å². The number of benzene rings is 1. The summed E-state index contributed by atoms with van der Waals surface area (Å²) in [6, 6.07) is 4.45. The van der Waals surface area contributed by atoms with E-state index in [0.717, 1.165) is 0 Å². The van der Waals surface area contributed by atoms with Gasteiger partial charge in [-0.15, -0.1) is 5.10 Å². The van der Waals surface area contributed by atoms with Crippen molar-refractivity contribution in [2.24, 2.45) is 0 Å². The van der Waals surface area contributed by atoms with E-state index in [2.05, 4.69) is 41.4 Å². The highest BCUT2D eigenvalue weighted by atomic mass is 35.5. The van der Waals surface area contributed by atoms with E-state index in [1.807, 2.05) is 30.4 Å². The molecule has 37 heavy (non-hydrogen) atoms. The second kappa shape index (κ2) is 12.8. The van der Waals surface area contributed by atoms with Gasteiger partial charge in [0.2, 0.25) is 5.91 Å². The summed E-state index contributed by atoms with van der Waals surface area (Å²) in [6.45, 7) is 0.329. The molecule has 3 heterocycles. The fourth-order valence-corrected chi connectivity index (χ4v) is 3.54. The Labute approximate surface area is 217 Å². The number of rotatable bonds is 4. The number of hydrogen-bond donors (Lipinski definition) is 4. The zero-order valence-electron chi connectivity index (χ0n) is 19.6. The summed E-state index contributed by atoms with van der Waals surface area (Å²) in [5, 5.41) is 20.0. The molecule has 2 bridgehead atoms. The standard InChI is InChI=1S/C25H24ClN9O2/c26-19-10-11-22(35-17-30-33-34-35)18(15-19)9-12-23(36)32-21-8-4-6-14-28-25(37)27-13-5-2-1-3-7-20-16-29-24(21)31-20/h1-7,9-13,15-17,21H,8,14H2,(H,29,31)(H,32,36)(H2,27,28,37). The van der Waals surface area contributed by atoms with E-state index in [0.29, 0.717) is 40.8 Å². The quantitative estimate of drug-likeness (QED) is 0.309. The molecule has 0 saturated carbocycles. The number of nitrogens with one attached hydrogen (secondary N) is 4. The number of carbonyl (C=O) groups excluding carboxylic acids is 2. The van der Waals surface area contributed by atoms with Crippen LogP contribution in [0, 0.1) is 0 Å². The summed E-state index contributed by atoms with van der Waals surface area (Å²) < 4.78 is 1.49. The Balaban J connectivity index is 1.51. The molecular weight excluding hydrogens is 494 g/mol. The van der Waals surface area contributed by atoms with E-state index < -0.39 is 6.04 Å². The van der Waals surface area contributed by atoms with Crippen LogP contribution in [0.3, 0.4) is 0 Å². The maximum Gasteiger partial charge on any atom is 0.319 e. The van der Waals surface area contributed by atoms with Gasteiger partial charge >= 0.3 is 6.03 Å². The summed E-state index contributed by atoms with van der Waals surface area (Å²) in [4.78, 5) is 32.4. The first-order valence-electron chi connectivity index (χ1n) is 11.3. The fourth-order valence-electron chi connectivity index (χ4n) is 3.36. The van der Waals surface area contributed by atoms with E-state index in [-0.39, 0.29) is 11.9 Å². The van der Waals surface area contributed by atoms with Gasteiger partial charge in [-0.25, -0.2) is 9.78 Å². The number of allylic oxidation sites excluding steroid dienone is 4. The summed E-state index contributed by atoms with van der Waals surface area (Å²) in [5.74, 6) is 0.272. The zero-order chi connectivity index (χ0) is 25.9. The number of hydrogen-bond acceptors (Lipinski definition) is 6. The minimum Gasteiger partial charge on any atom is -0.346 e. The van der Waals surface area contributed by atoms with E-state index in [1.54, 1.807) is 48.8 Å². The van der Waals surface area contributed by atoms with Gasteiger partial charge in [-0.05, 0) is 53.3 Å². The lowest BCUT2D eigenvalue weighted by molar-refractivity contribution is -0.117. The number of tetrazole rings is 1. The van der Waals surface area contributed by atoms with E-state index in [9.17, 15) is 9.59 Å². The SMILES string of the molecule is O=C(C=Cc1cc(Cl)ccc1-n1cnnn1)NC1CC=CCNC(=O)NC=CC=CC=Cc2c[nH]c1n2. The number of carbonyl (C=O) groups is 2. The van der Waals surface area contributed by atoms with E-state index in [4.69, 9.17) is 11.6 Å². The van der Waals surface area contributed by atoms with Crippen LogP contribution in [0.2, 0.25) is 5.02 Å². The Bertz CT molecular complexity index is 1370. The molecule has 1 unspecified atom stereocenters. The first-order valence-corrected chi connectivity index (χ1v) is 11.7. The molecule has 0 aliphatic carbocycles. The second-order valence-corrected chi connectivity index (χ2v) is 8.16. The topological polar surface area (TPSA) is 143 Å². The zero-order valence-corrected chi connectivity index (χ0v) is 20.3. The van der Waals surface area contributed by atoms with Gasteiger partial charge in [-0.1, -0.05) is 42.0 Å². The van der Waals surface area contributed by atoms with E-state index >= 15 is 0 Å². The molecule has 4 N–H and O–H groups in total. The highest BCUT2D eigenvalue weighted by Gasteiger charge is 2.16. The number of nitrogens with zero attached hydrogens (tertiary/aromatic N) is 5. The molecule has 0 saturated heterocycles. The molecule has 1 aliphatic rings. The molecular formula is C25H24ClN9O2. The van der Waals surface area contributed by atoms with Crippen LogP contribution in [0.5, 0.6) is 0 Å². The van der Waals surface area contributed by atoms with Gasteiger partial charge in [0.15, 0.2) is 0 Å². The van der Waals surface area contributed by atoms with Gasteiger partial charge in [0, 0.05) is 35.6 Å². The number of urea groups is 1. The van der Waals surface area contributed by atoms with Crippen LogP contribution in [-0.4, -0.2) is 48.7 Å². The van der Waals surface area contributed by atoms with Crippen molar-refractivity contribution in [2.75, 3.05) is 6.54 Å². The van der Waals surface area contributed by atoms with Gasteiger partial charge in [-0.3, -0.25) is 4.79 Å². The van der Waals surface area contributed by atoms with Crippen LogP contribution < -0.4 is 16.0 Å². The highest BCUT2D eigenvalue weighted by molar-refractivity contribution is 6.30. The fraction of sp³-hybridized carbons (Fsp3) is 0.120. The molecule has 2 aromatic heterocycles. The van der Waals surface area contributed by atoms with Crippen molar-refractivity contribution in [3.8, 4) is 5.69 Å². The molecule has 1 aromatic carbocycles. The van der Waals surface area contributed by atoms with Crippen LogP contribution in [-0.2, 0) is 4.79 Å². The lowest BCUT2D eigenvalue weighted by Crippen LogP contribution is -2.32. The minimum absolute atomic E-state index is 0.318. The molecule has 0 spiro atoms. The molecule has 188 valence electrons. The third-order valence-corrected chi connectivity index (χ3v) is 5.33. The van der Waals surface area contributed by atoms with Crippen molar-refractivity contribution in [3.05, 3.63) is 102 Å². The highest BCUT2D eigenvalue weighted by Crippen LogP contribution is 2.21. The molecule has 0 radical (unpaired) electrons. The number of fused-ring (bicyclic) bond motifs is 2. The predicted octanol–water partition coefficient (Wildman–Crippen LogP) is 3.25. The van der Waals surface area contributed by atoms with Crippen molar-refractivity contribution < 1.29 is 9.59 Å². The maximum atomic E-state index is 12.9. The average molecular weight is 518 g/mol. The van der Waals surface area contributed by atoms with E-state index in [1.165, 1.54) is 17.1 Å². The Morgan fingerprint density at radius 3 is 2.95 bits per heavy atom. The largest absolute Gasteiger partial charge is 0.346 e. The Kier molecular flexibility index (Phi) is 8.76. The van der Waals surface area contributed by atoms with Gasteiger partial charge in [-0.2, -0.15) is 4.68 Å². The van der Waals surface area contributed by atoms with Gasteiger partial charge in [0.05, 0.1) is 17.4 Å². The van der Waals surface area contributed by atoms with Crippen LogP contribution in [0.15, 0.2) is 79.5 Å². The number of aromatic amines is 1. The molecule has 4 rings (SSSR count). The molecule has 1 aliphatic heterocycles. The molecule has 3 aromatic rings. The Hall–Kier alpha value is -4.77. The van der Waals surface area contributed by atoms with Crippen LogP contribution in [0.1, 0.15) is 29.5 Å². The third-order valence-electron chi connectivity index (χ3n) is 5.09. The van der Waals surface area contributed by atoms with Gasteiger partial charge in [0.1, 0.15) is 12.2 Å².